The summed E-state index contributed by atoms with van der Waals surface area (Å²) >= 11 is 3.47. The van der Waals surface area contributed by atoms with E-state index < -0.39 is 0 Å². The van der Waals surface area contributed by atoms with Gasteiger partial charge in [0.2, 0.25) is 0 Å². The highest BCUT2D eigenvalue weighted by Gasteiger charge is 2.00. The lowest BCUT2D eigenvalue weighted by Gasteiger charge is -2.03. The summed E-state index contributed by atoms with van der Waals surface area (Å²) in [6, 6.07) is 10.5. The second-order valence-corrected chi connectivity index (χ2v) is 4.39. The summed E-state index contributed by atoms with van der Waals surface area (Å²) in [7, 11) is 0. The number of unbranched alkanes of at least 4 members (excludes halogenated alkanes) is 1. The molecule has 0 unspecified atom stereocenters. The van der Waals surface area contributed by atoms with Gasteiger partial charge in [-0.15, -0.1) is 0 Å². The van der Waals surface area contributed by atoms with Crippen molar-refractivity contribution in [1.29, 1.82) is 5.26 Å². The molecule has 2 rings (SSSR count). The van der Waals surface area contributed by atoms with Gasteiger partial charge >= 0.3 is 0 Å². The van der Waals surface area contributed by atoms with Crippen LogP contribution in [0.2, 0.25) is 0 Å². The monoisotopic (exact) mass is 262 g/mol. The van der Waals surface area contributed by atoms with Crippen LogP contribution in [-0.2, 0) is 6.54 Å². The predicted octanol–water partition coefficient (Wildman–Crippen LogP) is 3.71. The molecular weight excluding hydrogens is 252 g/mol. The zero-order valence-electron chi connectivity index (χ0n) is 8.28. The minimum absolute atomic E-state index is 0.619. The van der Waals surface area contributed by atoms with Crippen molar-refractivity contribution in [2.24, 2.45) is 0 Å². The SMILES string of the molecule is N#CCCCn1ccc2ccc(Br)cc21. The Morgan fingerprint density at radius 3 is 3.00 bits per heavy atom. The van der Waals surface area contributed by atoms with E-state index >= 15 is 0 Å². The van der Waals surface area contributed by atoms with Gasteiger partial charge in [-0.2, -0.15) is 5.26 Å². The van der Waals surface area contributed by atoms with E-state index in [1.807, 2.05) is 6.07 Å². The number of aromatic nitrogens is 1. The van der Waals surface area contributed by atoms with Gasteiger partial charge in [-0.1, -0.05) is 22.0 Å². The molecule has 15 heavy (non-hydrogen) atoms. The van der Waals surface area contributed by atoms with Crippen LogP contribution in [0.15, 0.2) is 34.9 Å². The van der Waals surface area contributed by atoms with Gasteiger partial charge in [-0.3, -0.25) is 0 Å². The number of hydrogen-bond acceptors (Lipinski definition) is 1. The van der Waals surface area contributed by atoms with Gasteiger partial charge in [0.05, 0.1) is 6.07 Å². The maximum atomic E-state index is 8.49. The van der Waals surface area contributed by atoms with Gasteiger partial charge in [-0.25, -0.2) is 0 Å². The number of fused-ring (bicyclic) bond motifs is 1. The van der Waals surface area contributed by atoms with Crippen molar-refractivity contribution >= 4 is 26.8 Å². The average molecular weight is 263 g/mol. The van der Waals surface area contributed by atoms with Gasteiger partial charge in [-0.05, 0) is 30.0 Å². The van der Waals surface area contributed by atoms with Crippen LogP contribution in [0.3, 0.4) is 0 Å². The summed E-state index contributed by atoms with van der Waals surface area (Å²) in [5.74, 6) is 0. The first kappa shape index (κ1) is 10.3. The molecule has 0 aliphatic carbocycles. The molecule has 76 valence electrons. The summed E-state index contributed by atoms with van der Waals surface area (Å²) in [6.45, 7) is 0.910. The summed E-state index contributed by atoms with van der Waals surface area (Å²) in [6.07, 6.45) is 3.61. The molecule has 0 radical (unpaired) electrons. The van der Waals surface area contributed by atoms with E-state index in [4.69, 9.17) is 5.26 Å². The Morgan fingerprint density at radius 2 is 2.20 bits per heavy atom. The van der Waals surface area contributed by atoms with Crippen LogP contribution in [0.4, 0.5) is 0 Å². The van der Waals surface area contributed by atoms with Crippen LogP contribution < -0.4 is 0 Å². The fourth-order valence-corrected chi connectivity index (χ4v) is 2.03. The predicted molar refractivity (Wildman–Crippen MR) is 64.5 cm³/mol. The van der Waals surface area contributed by atoms with Gasteiger partial charge in [0, 0.05) is 29.2 Å². The lowest BCUT2D eigenvalue weighted by Crippen LogP contribution is -1.95. The third-order valence-corrected chi connectivity index (χ3v) is 2.92. The van der Waals surface area contributed by atoms with Gasteiger partial charge < -0.3 is 4.57 Å². The van der Waals surface area contributed by atoms with Gasteiger partial charge in [0.25, 0.3) is 0 Å². The number of benzene rings is 1. The summed E-state index contributed by atoms with van der Waals surface area (Å²) in [5, 5.41) is 9.73. The first-order valence-corrected chi connectivity index (χ1v) is 5.72. The van der Waals surface area contributed by atoms with E-state index in [-0.39, 0.29) is 0 Å². The topological polar surface area (TPSA) is 28.7 Å². The molecule has 0 fully saturated rings. The van der Waals surface area contributed by atoms with E-state index in [2.05, 4.69) is 51.0 Å². The smallest absolute Gasteiger partial charge is 0.0622 e. The van der Waals surface area contributed by atoms with Crippen molar-refractivity contribution in [2.45, 2.75) is 19.4 Å². The van der Waals surface area contributed by atoms with E-state index in [1.165, 1.54) is 10.9 Å². The Balaban J connectivity index is 2.28. The molecule has 1 aromatic heterocycles. The third kappa shape index (κ3) is 2.21. The number of rotatable bonds is 3. The quantitative estimate of drug-likeness (QED) is 0.776. The minimum Gasteiger partial charge on any atom is -0.347 e. The van der Waals surface area contributed by atoms with Crippen LogP contribution in [0.5, 0.6) is 0 Å². The van der Waals surface area contributed by atoms with Gasteiger partial charge in [0.15, 0.2) is 0 Å². The van der Waals surface area contributed by atoms with Crippen molar-refractivity contribution in [3.63, 3.8) is 0 Å². The molecule has 0 aliphatic heterocycles. The Bertz CT molecular complexity index is 508. The normalized spacial score (nSPS) is 10.4. The highest BCUT2D eigenvalue weighted by atomic mass is 79.9. The fourth-order valence-electron chi connectivity index (χ4n) is 1.68. The van der Waals surface area contributed by atoms with E-state index in [0.717, 1.165) is 17.4 Å². The molecule has 0 spiro atoms. The first-order chi connectivity index (χ1) is 7.31. The maximum absolute atomic E-state index is 8.49. The number of hydrogen-bond donors (Lipinski definition) is 0. The van der Waals surface area contributed by atoms with Crippen LogP contribution in [-0.4, -0.2) is 4.57 Å². The van der Waals surface area contributed by atoms with Crippen LogP contribution in [0.25, 0.3) is 10.9 Å². The standard InChI is InChI=1S/C12H11BrN2/c13-11-4-3-10-5-8-15(12(10)9-11)7-2-1-6-14/h3-5,8-9H,1-2,7H2. The second-order valence-electron chi connectivity index (χ2n) is 3.47. The molecule has 0 aliphatic rings. The Labute approximate surface area is 97.3 Å². The molecule has 1 heterocycles. The molecule has 0 bridgehead atoms. The Kier molecular flexibility index (Phi) is 3.08. The third-order valence-electron chi connectivity index (χ3n) is 2.42. The van der Waals surface area contributed by atoms with E-state index in [1.54, 1.807) is 0 Å². The molecule has 0 saturated carbocycles. The highest BCUT2D eigenvalue weighted by molar-refractivity contribution is 9.10. The number of nitrogens with zero attached hydrogens (tertiary/aromatic N) is 2. The molecule has 2 nitrogen and oxygen atoms in total. The van der Waals surface area contributed by atoms with E-state index in [0.29, 0.717) is 6.42 Å². The molecule has 0 N–H and O–H groups in total. The molecule has 0 saturated heterocycles. The minimum atomic E-state index is 0.619. The lowest BCUT2D eigenvalue weighted by atomic mass is 10.2. The van der Waals surface area contributed by atoms with Crippen molar-refractivity contribution in [2.75, 3.05) is 0 Å². The Morgan fingerprint density at radius 1 is 1.33 bits per heavy atom. The van der Waals surface area contributed by atoms with Crippen molar-refractivity contribution in [3.05, 3.63) is 34.9 Å². The van der Waals surface area contributed by atoms with Crippen molar-refractivity contribution < 1.29 is 0 Å². The first-order valence-electron chi connectivity index (χ1n) is 4.92. The number of halogens is 1. The molecule has 0 atom stereocenters. The molecule has 0 amide bonds. The van der Waals surface area contributed by atoms with Crippen LogP contribution >= 0.6 is 15.9 Å². The molecule has 1 aromatic carbocycles. The lowest BCUT2D eigenvalue weighted by molar-refractivity contribution is 0.674. The molecule has 3 heteroatoms. The maximum Gasteiger partial charge on any atom is 0.0622 e. The van der Waals surface area contributed by atoms with Gasteiger partial charge in [0.1, 0.15) is 0 Å². The zero-order valence-corrected chi connectivity index (χ0v) is 9.87. The molecular formula is C12H11BrN2. The highest BCUT2D eigenvalue weighted by Crippen LogP contribution is 2.21. The van der Waals surface area contributed by atoms with Crippen LogP contribution in [0.1, 0.15) is 12.8 Å². The largest absolute Gasteiger partial charge is 0.347 e. The Hall–Kier alpha value is -1.27. The number of aryl methyl sites for hydroxylation is 1. The second kappa shape index (κ2) is 4.50. The summed E-state index contributed by atoms with van der Waals surface area (Å²) in [5.41, 5.74) is 1.22. The fraction of sp³-hybridized carbons (Fsp3) is 0.250. The average Bonchev–Trinajstić information content (AvgIpc) is 2.62. The summed E-state index contributed by atoms with van der Waals surface area (Å²) in [4.78, 5) is 0. The van der Waals surface area contributed by atoms with Crippen LogP contribution in [0, 0.1) is 11.3 Å². The van der Waals surface area contributed by atoms with E-state index in [9.17, 15) is 0 Å². The zero-order chi connectivity index (χ0) is 10.7. The van der Waals surface area contributed by atoms with Crippen molar-refractivity contribution in [3.8, 4) is 6.07 Å². The number of nitriles is 1. The summed E-state index contributed by atoms with van der Waals surface area (Å²) < 4.78 is 3.28. The molecule has 2 aromatic rings. The van der Waals surface area contributed by atoms with Crippen molar-refractivity contribution in [1.82, 2.24) is 4.57 Å².